The molecule has 0 spiro atoms. The van der Waals surface area contributed by atoms with E-state index in [9.17, 15) is 14.4 Å². The van der Waals surface area contributed by atoms with E-state index >= 15 is 0 Å². The normalized spacial score (nSPS) is 11.4. The summed E-state index contributed by atoms with van der Waals surface area (Å²) in [6.07, 6.45) is 1.97. The number of rotatable bonds is 10. The van der Waals surface area contributed by atoms with Crippen LogP contribution in [0.4, 0.5) is 5.69 Å². The van der Waals surface area contributed by atoms with Gasteiger partial charge in [0.2, 0.25) is 11.8 Å². The topological polar surface area (TPSA) is 87.3 Å². The average Bonchev–Trinajstić information content (AvgIpc) is 2.73. The minimum Gasteiger partial charge on any atom is -0.354 e. The van der Waals surface area contributed by atoms with Crippen LogP contribution in [0.15, 0.2) is 54.6 Å². The van der Waals surface area contributed by atoms with Crippen molar-refractivity contribution in [1.82, 2.24) is 10.6 Å². The number of carbonyl (C=O) groups excluding carboxylic acids is 3. The van der Waals surface area contributed by atoms with Crippen molar-refractivity contribution in [2.45, 2.75) is 39.0 Å². The lowest BCUT2D eigenvalue weighted by molar-refractivity contribution is -0.122. The zero-order chi connectivity index (χ0) is 21.1. The Kier molecular flexibility index (Phi) is 8.89. The second-order valence-corrected chi connectivity index (χ2v) is 6.79. The number of anilines is 1. The van der Waals surface area contributed by atoms with E-state index in [1.807, 2.05) is 44.2 Å². The minimum atomic E-state index is -0.221. The van der Waals surface area contributed by atoms with Crippen LogP contribution in [-0.2, 0) is 9.59 Å². The Morgan fingerprint density at radius 2 is 1.52 bits per heavy atom. The Labute approximate surface area is 172 Å². The Hall–Kier alpha value is -3.15. The molecule has 29 heavy (non-hydrogen) atoms. The predicted molar refractivity (Wildman–Crippen MR) is 115 cm³/mol. The second kappa shape index (κ2) is 11.6. The smallest absolute Gasteiger partial charge is 0.251 e. The van der Waals surface area contributed by atoms with Gasteiger partial charge in [-0.1, -0.05) is 44.2 Å². The van der Waals surface area contributed by atoms with Crippen molar-refractivity contribution in [3.63, 3.8) is 0 Å². The van der Waals surface area contributed by atoms with Gasteiger partial charge in [0.05, 0.1) is 5.92 Å². The number of hydrogen-bond acceptors (Lipinski definition) is 3. The largest absolute Gasteiger partial charge is 0.354 e. The standard InChI is InChI=1S/C23H29N3O3/c1-3-8-21(27)26-19-13-11-18(12-14-19)22(28)24-15-16-25-23(29)20(4-2)17-9-6-5-7-10-17/h5-7,9-14,20H,3-4,8,15-16H2,1-2H3,(H,24,28)(H,25,29)(H,26,27). The van der Waals surface area contributed by atoms with Crippen LogP contribution in [0.5, 0.6) is 0 Å². The molecule has 0 aliphatic heterocycles. The summed E-state index contributed by atoms with van der Waals surface area (Å²) in [6, 6.07) is 16.4. The lowest BCUT2D eigenvalue weighted by Gasteiger charge is -2.15. The fourth-order valence-electron chi connectivity index (χ4n) is 3.00. The maximum absolute atomic E-state index is 12.4. The number of hydrogen-bond donors (Lipinski definition) is 3. The molecule has 0 saturated heterocycles. The zero-order valence-corrected chi connectivity index (χ0v) is 17.0. The van der Waals surface area contributed by atoms with Crippen molar-refractivity contribution in [2.75, 3.05) is 18.4 Å². The van der Waals surface area contributed by atoms with E-state index in [0.717, 1.165) is 12.0 Å². The van der Waals surface area contributed by atoms with E-state index in [1.165, 1.54) is 0 Å². The molecule has 1 unspecified atom stereocenters. The monoisotopic (exact) mass is 395 g/mol. The van der Waals surface area contributed by atoms with Crippen LogP contribution in [0, 0.1) is 0 Å². The summed E-state index contributed by atoms with van der Waals surface area (Å²) < 4.78 is 0. The average molecular weight is 396 g/mol. The van der Waals surface area contributed by atoms with Gasteiger partial charge in [-0.2, -0.15) is 0 Å². The molecule has 0 bridgehead atoms. The first-order valence-electron chi connectivity index (χ1n) is 10.1. The lowest BCUT2D eigenvalue weighted by atomic mass is 9.96. The van der Waals surface area contributed by atoms with Crippen LogP contribution in [0.1, 0.15) is 54.9 Å². The van der Waals surface area contributed by atoms with E-state index in [4.69, 9.17) is 0 Å². The highest BCUT2D eigenvalue weighted by atomic mass is 16.2. The molecule has 3 N–H and O–H groups in total. The van der Waals surface area contributed by atoms with Crippen LogP contribution < -0.4 is 16.0 Å². The summed E-state index contributed by atoms with van der Waals surface area (Å²) in [6.45, 7) is 4.62. The molecule has 0 radical (unpaired) electrons. The van der Waals surface area contributed by atoms with Gasteiger partial charge in [0.1, 0.15) is 0 Å². The maximum atomic E-state index is 12.4. The van der Waals surface area contributed by atoms with Gasteiger partial charge < -0.3 is 16.0 Å². The highest BCUT2D eigenvalue weighted by Crippen LogP contribution is 2.19. The molecule has 0 aliphatic rings. The van der Waals surface area contributed by atoms with E-state index < -0.39 is 0 Å². The van der Waals surface area contributed by atoms with Crippen LogP contribution in [0.2, 0.25) is 0 Å². The molecule has 3 amide bonds. The molecular formula is C23H29N3O3. The lowest BCUT2D eigenvalue weighted by Crippen LogP contribution is -2.36. The molecule has 0 aliphatic carbocycles. The summed E-state index contributed by atoms with van der Waals surface area (Å²) in [4.78, 5) is 36.2. The zero-order valence-electron chi connectivity index (χ0n) is 17.0. The van der Waals surface area contributed by atoms with Gasteiger partial charge in [0, 0.05) is 30.8 Å². The third-order valence-electron chi connectivity index (χ3n) is 4.54. The van der Waals surface area contributed by atoms with E-state index in [2.05, 4.69) is 16.0 Å². The van der Waals surface area contributed by atoms with Crippen LogP contribution in [0.25, 0.3) is 0 Å². The number of carbonyl (C=O) groups is 3. The first-order chi connectivity index (χ1) is 14.0. The molecule has 0 heterocycles. The fraction of sp³-hybridized carbons (Fsp3) is 0.348. The maximum Gasteiger partial charge on any atom is 0.251 e. The molecule has 0 aromatic heterocycles. The van der Waals surface area contributed by atoms with Gasteiger partial charge in [0.15, 0.2) is 0 Å². The molecule has 154 valence electrons. The van der Waals surface area contributed by atoms with Crippen molar-refractivity contribution in [2.24, 2.45) is 0 Å². The van der Waals surface area contributed by atoms with Gasteiger partial charge in [-0.3, -0.25) is 14.4 Å². The summed E-state index contributed by atoms with van der Waals surface area (Å²) in [5.41, 5.74) is 2.15. The third-order valence-corrected chi connectivity index (χ3v) is 4.54. The van der Waals surface area contributed by atoms with Crippen molar-refractivity contribution < 1.29 is 14.4 Å². The van der Waals surface area contributed by atoms with E-state index in [0.29, 0.717) is 37.2 Å². The Morgan fingerprint density at radius 3 is 2.14 bits per heavy atom. The van der Waals surface area contributed by atoms with Crippen molar-refractivity contribution >= 4 is 23.4 Å². The molecule has 2 aromatic rings. The van der Waals surface area contributed by atoms with Gasteiger partial charge >= 0.3 is 0 Å². The van der Waals surface area contributed by atoms with Gasteiger partial charge in [0.25, 0.3) is 5.91 Å². The molecule has 2 rings (SSSR count). The summed E-state index contributed by atoms with van der Waals surface area (Å²) in [5, 5.41) is 8.46. The summed E-state index contributed by atoms with van der Waals surface area (Å²) in [7, 11) is 0. The fourth-order valence-corrected chi connectivity index (χ4v) is 3.00. The Bertz CT molecular complexity index is 804. The SMILES string of the molecule is CCCC(=O)Nc1ccc(C(=O)NCCNC(=O)C(CC)c2ccccc2)cc1. The van der Waals surface area contributed by atoms with Gasteiger partial charge in [-0.25, -0.2) is 0 Å². The highest BCUT2D eigenvalue weighted by Gasteiger charge is 2.17. The predicted octanol–water partition coefficient (Wildman–Crippen LogP) is 3.47. The van der Waals surface area contributed by atoms with Gasteiger partial charge in [-0.05, 0) is 42.7 Å². The highest BCUT2D eigenvalue weighted by molar-refractivity contribution is 5.95. The number of nitrogens with one attached hydrogen (secondary N) is 3. The minimum absolute atomic E-state index is 0.0404. The molecule has 2 aromatic carbocycles. The molecule has 6 nitrogen and oxygen atoms in total. The van der Waals surface area contributed by atoms with Gasteiger partial charge in [-0.15, -0.1) is 0 Å². The van der Waals surface area contributed by atoms with Crippen LogP contribution in [-0.4, -0.2) is 30.8 Å². The molecule has 1 atom stereocenters. The Balaban J connectivity index is 1.76. The first-order valence-corrected chi connectivity index (χ1v) is 10.1. The summed E-state index contributed by atoms with van der Waals surface area (Å²) in [5.74, 6) is -0.496. The van der Waals surface area contributed by atoms with E-state index in [-0.39, 0.29) is 23.6 Å². The molecular weight excluding hydrogens is 366 g/mol. The van der Waals surface area contributed by atoms with Crippen molar-refractivity contribution in [3.8, 4) is 0 Å². The molecule has 6 heteroatoms. The van der Waals surface area contributed by atoms with E-state index in [1.54, 1.807) is 24.3 Å². The molecule has 0 saturated carbocycles. The second-order valence-electron chi connectivity index (χ2n) is 6.79. The number of benzene rings is 2. The number of amides is 3. The third kappa shape index (κ3) is 7.07. The van der Waals surface area contributed by atoms with Crippen molar-refractivity contribution in [1.29, 1.82) is 0 Å². The van der Waals surface area contributed by atoms with Crippen LogP contribution >= 0.6 is 0 Å². The summed E-state index contributed by atoms with van der Waals surface area (Å²) >= 11 is 0. The molecule has 0 fully saturated rings. The van der Waals surface area contributed by atoms with Crippen molar-refractivity contribution in [3.05, 3.63) is 65.7 Å². The quantitative estimate of drug-likeness (QED) is 0.538. The first kappa shape index (κ1) is 22.1. The van der Waals surface area contributed by atoms with Crippen LogP contribution in [0.3, 0.4) is 0 Å². The Morgan fingerprint density at radius 1 is 0.862 bits per heavy atom.